The molecule has 96 valence electrons. The first-order valence-corrected chi connectivity index (χ1v) is 6.80. The summed E-state index contributed by atoms with van der Waals surface area (Å²) >= 11 is 1.74. The van der Waals surface area contributed by atoms with Crippen LogP contribution < -0.4 is 5.32 Å². The molecule has 2 aliphatic heterocycles. The van der Waals surface area contributed by atoms with Crippen molar-refractivity contribution in [2.24, 2.45) is 0 Å². The minimum absolute atomic E-state index is 0.0512. The lowest BCUT2D eigenvalue weighted by Gasteiger charge is -2.35. The van der Waals surface area contributed by atoms with E-state index in [1.165, 1.54) is 7.11 Å². The molecule has 2 saturated heterocycles. The fraction of sp³-hybridized carbons (Fsp3) is 0.800. The van der Waals surface area contributed by atoms with Crippen LogP contribution in [-0.2, 0) is 9.53 Å². The lowest BCUT2D eigenvalue weighted by atomic mass is 10.2. The number of carbonyl (C=O) groups excluding carboxylic acids is 2. The molecule has 2 aliphatic rings. The number of methoxy groups -OCH3 is 1. The molecule has 1 atom stereocenters. The Morgan fingerprint density at radius 3 is 2.41 bits per heavy atom. The van der Waals surface area contributed by atoms with Crippen molar-refractivity contribution >= 4 is 23.8 Å². The number of thioether (sulfide) groups is 1. The third-order valence-electron chi connectivity index (χ3n) is 3.04. The third-order valence-corrected chi connectivity index (χ3v) is 3.98. The van der Waals surface area contributed by atoms with Crippen LogP contribution in [0.3, 0.4) is 0 Å². The second kappa shape index (κ2) is 5.59. The Balaban J connectivity index is 1.82. The second-order valence-corrected chi connectivity index (χ2v) is 5.08. The van der Waals surface area contributed by atoms with Crippen LogP contribution >= 0.6 is 11.8 Å². The van der Waals surface area contributed by atoms with Crippen molar-refractivity contribution in [1.29, 1.82) is 0 Å². The first kappa shape index (κ1) is 12.5. The van der Waals surface area contributed by atoms with Gasteiger partial charge in [0, 0.05) is 37.8 Å². The Hall–Kier alpha value is -0.950. The van der Waals surface area contributed by atoms with Crippen LogP contribution in [0.4, 0.5) is 4.79 Å². The molecule has 17 heavy (non-hydrogen) atoms. The van der Waals surface area contributed by atoms with Gasteiger partial charge in [0.05, 0.1) is 13.2 Å². The summed E-state index contributed by atoms with van der Waals surface area (Å²) in [6, 6.07) is -0.0512. The molecule has 2 heterocycles. The van der Waals surface area contributed by atoms with Gasteiger partial charge in [0.2, 0.25) is 5.91 Å². The highest BCUT2D eigenvalue weighted by Crippen LogP contribution is 2.13. The summed E-state index contributed by atoms with van der Waals surface area (Å²) in [6.07, 6.45) is -0.313. The van der Waals surface area contributed by atoms with Gasteiger partial charge in [-0.15, -0.1) is 11.8 Å². The van der Waals surface area contributed by atoms with Crippen LogP contribution in [0.5, 0.6) is 0 Å². The molecular formula is C10H17N3O3S. The van der Waals surface area contributed by atoms with E-state index >= 15 is 0 Å². The van der Waals surface area contributed by atoms with Crippen LogP contribution in [-0.4, -0.2) is 72.8 Å². The largest absolute Gasteiger partial charge is 0.453 e. The zero-order chi connectivity index (χ0) is 12.3. The van der Waals surface area contributed by atoms with E-state index in [9.17, 15) is 9.59 Å². The van der Waals surface area contributed by atoms with Gasteiger partial charge >= 0.3 is 6.09 Å². The SMILES string of the molecule is COC(=O)N1CCN(C(=O)C2CSCN2)CC1. The third kappa shape index (κ3) is 2.84. The van der Waals surface area contributed by atoms with Crippen LogP contribution in [0.2, 0.25) is 0 Å². The van der Waals surface area contributed by atoms with E-state index in [0.717, 1.165) is 11.6 Å². The minimum atomic E-state index is -0.313. The quantitative estimate of drug-likeness (QED) is 0.692. The number of carbonyl (C=O) groups is 2. The van der Waals surface area contributed by atoms with E-state index in [1.807, 2.05) is 4.90 Å². The van der Waals surface area contributed by atoms with Gasteiger partial charge in [0.1, 0.15) is 0 Å². The molecule has 6 nitrogen and oxygen atoms in total. The molecule has 0 aromatic heterocycles. The summed E-state index contributed by atoms with van der Waals surface area (Å²) in [6.45, 7) is 2.30. The molecule has 0 saturated carbocycles. The van der Waals surface area contributed by atoms with Gasteiger partial charge < -0.3 is 14.5 Å². The number of hydrogen-bond donors (Lipinski definition) is 1. The minimum Gasteiger partial charge on any atom is -0.453 e. The Labute approximate surface area is 105 Å². The van der Waals surface area contributed by atoms with Gasteiger partial charge in [-0.3, -0.25) is 10.1 Å². The summed E-state index contributed by atoms with van der Waals surface area (Å²) in [4.78, 5) is 26.8. The van der Waals surface area contributed by atoms with Gasteiger partial charge in [-0.2, -0.15) is 0 Å². The van der Waals surface area contributed by atoms with Crippen molar-refractivity contribution in [3.8, 4) is 0 Å². The first-order chi connectivity index (χ1) is 8.22. The van der Waals surface area contributed by atoms with Crippen molar-refractivity contribution in [2.75, 3.05) is 44.9 Å². The highest BCUT2D eigenvalue weighted by Gasteiger charge is 2.30. The molecule has 2 rings (SSSR count). The number of ether oxygens (including phenoxy) is 1. The van der Waals surface area contributed by atoms with Crippen LogP contribution in [0.1, 0.15) is 0 Å². The summed E-state index contributed by atoms with van der Waals surface area (Å²) in [5.74, 6) is 1.84. The van der Waals surface area contributed by atoms with Crippen molar-refractivity contribution in [3.05, 3.63) is 0 Å². The van der Waals surface area contributed by atoms with E-state index in [-0.39, 0.29) is 18.0 Å². The van der Waals surface area contributed by atoms with Crippen molar-refractivity contribution in [2.45, 2.75) is 6.04 Å². The maximum absolute atomic E-state index is 12.1. The molecular weight excluding hydrogens is 242 g/mol. The highest BCUT2D eigenvalue weighted by molar-refractivity contribution is 7.99. The van der Waals surface area contributed by atoms with E-state index in [0.29, 0.717) is 26.2 Å². The molecule has 2 fully saturated rings. The molecule has 0 aromatic rings. The Bertz CT molecular complexity index is 299. The first-order valence-electron chi connectivity index (χ1n) is 5.65. The molecule has 0 spiro atoms. The maximum Gasteiger partial charge on any atom is 0.409 e. The number of rotatable bonds is 1. The number of nitrogens with zero attached hydrogens (tertiary/aromatic N) is 2. The normalized spacial score (nSPS) is 24.9. The standard InChI is InChI=1S/C10H17N3O3S/c1-16-10(15)13-4-2-12(3-5-13)9(14)8-6-17-7-11-8/h8,11H,2-7H2,1H3. The van der Waals surface area contributed by atoms with Crippen molar-refractivity contribution in [3.63, 3.8) is 0 Å². The monoisotopic (exact) mass is 259 g/mol. The number of amides is 2. The van der Waals surface area contributed by atoms with E-state index in [2.05, 4.69) is 10.1 Å². The Morgan fingerprint density at radius 1 is 1.24 bits per heavy atom. The van der Waals surface area contributed by atoms with E-state index in [1.54, 1.807) is 16.7 Å². The number of piperazine rings is 1. The molecule has 1 N–H and O–H groups in total. The summed E-state index contributed by atoms with van der Waals surface area (Å²) in [5, 5.41) is 3.17. The van der Waals surface area contributed by atoms with Crippen molar-refractivity contribution < 1.29 is 14.3 Å². The van der Waals surface area contributed by atoms with Gasteiger partial charge in [0.25, 0.3) is 0 Å². The summed E-state index contributed by atoms with van der Waals surface area (Å²) in [5.41, 5.74) is 0. The van der Waals surface area contributed by atoms with E-state index < -0.39 is 0 Å². The van der Waals surface area contributed by atoms with Crippen LogP contribution in [0.25, 0.3) is 0 Å². The number of hydrogen-bond acceptors (Lipinski definition) is 5. The van der Waals surface area contributed by atoms with Gasteiger partial charge in [-0.05, 0) is 0 Å². The predicted molar refractivity (Wildman–Crippen MR) is 64.8 cm³/mol. The molecule has 1 unspecified atom stereocenters. The Morgan fingerprint density at radius 2 is 1.88 bits per heavy atom. The Kier molecular flexibility index (Phi) is 4.11. The average molecular weight is 259 g/mol. The topological polar surface area (TPSA) is 61.9 Å². The fourth-order valence-electron chi connectivity index (χ4n) is 2.01. The average Bonchev–Trinajstić information content (AvgIpc) is 2.91. The van der Waals surface area contributed by atoms with Crippen LogP contribution in [0.15, 0.2) is 0 Å². The molecule has 0 aromatic carbocycles. The van der Waals surface area contributed by atoms with Crippen molar-refractivity contribution in [1.82, 2.24) is 15.1 Å². The lowest BCUT2D eigenvalue weighted by molar-refractivity contribution is -0.134. The van der Waals surface area contributed by atoms with Gasteiger partial charge in [-0.1, -0.05) is 0 Å². The molecule has 7 heteroatoms. The zero-order valence-electron chi connectivity index (χ0n) is 9.85. The number of nitrogens with one attached hydrogen (secondary N) is 1. The second-order valence-electron chi connectivity index (χ2n) is 4.05. The van der Waals surface area contributed by atoms with Gasteiger partial charge in [0.15, 0.2) is 0 Å². The predicted octanol–water partition coefficient (Wildman–Crippen LogP) is -0.440. The smallest absolute Gasteiger partial charge is 0.409 e. The molecule has 2 amide bonds. The fourth-order valence-corrected chi connectivity index (χ4v) is 2.95. The van der Waals surface area contributed by atoms with Gasteiger partial charge in [-0.25, -0.2) is 4.79 Å². The maximum atomic E-state index is 12.1. The highest BCUT2D eigenvalue weighted by atomic mass is 32.2. The summed E-state index contributed by atoms with van der Waals surface area (Å²) < 4.78 is 4.65. The lowest BCUT2D eigenvalue weighted by Crippen LogP contribution is -2.54. The molecule has 0 aliphatic carbocycles. The molecule has 0 radical (unpaired) electrons. The van der Waals surface area contributed by atoms with Crippen LogP contribution in [0, 0.1) is 0 Å². The zero-order valence-corrected chi connectivity index (χ0v) is 10.7. The molecule has 0 bridgehead atoms. The van der Waals surface area contributed by atoms with E-state index in [4.69, 9.17) is 0 Å². The summed E-state index contributed by atoms with van der Waals surface area (Å²) in [7, 11) is 1.37.